The fourth-order valence-corrected chi connectivity index (χ4v) is 3.09. The first-order valence-electron chi connectivity index (χ1n) is 6.33. The molecule has 0 spiro atoms. The van der Waals surface area contributed by atoms with Crippen LogP contribution in [-0.2, 0) is 10.2 Å². The van der Waals surface area contributed by atoms with Crippen molar-refractivity contribution < 1.29 is 9.13 Å². The van der Waals surface area contributed by atoms with Crippen molar-refractivity contribution in [3.63, 3.8) is 0 Å². The van der Waals surface area contributed by atoms with Crippen molar-refractivity contribution in [1.82, 2.24) is 5.32 Å². The fraction of sp³-hybridized carbons (Fsp3) is 0.571. The normalized spacial score (nSPS) is 25.6. The van der Waals surface area contributed by atoms with Crippen LogP contribution in [0.2, 0.25) is 10.0 Å². The molecule has 2 rings (SSSR count). The summed E-state index contributed by atoms with van der Waals surface area (Å²) in [5.41, 5.74) is 0.803. The highest BCUT2D eigenvalue weighted by Gasteiger charge is 2.51. The first kappa shape index (κ1) is 15.0. The molecule has 1 aromatic rings. The van der Waals surface area contributed by atoms with Crippen molar-refractivity contribution in [3.8, 4) is 0 Å². The molecule has 2 nitrogen and oxygen atoms in total. The van der Waals surface area contributed by atoms with Crippen LogP contribution in [-0.4, -0.2) is 26.8 Å². The quantitative estimate of drug-likeness (QED) is 0.640. The first-order valence-corrected chi connectivity index (χ1v) is 7.09. The summed E-state index contributed by atoms with van der Waals surface area (Å²) in [4.78, 5) is 0. The van der Waals surface area contributed by atoms with Crippen LogP contribution in [0.1, 0.15) is 18.9 Å². The first-order chi connectivity index (χ1) is 8.99. The lowest BCUT2D eigenvalue weighted by atomic mass is 9.95. The van der Waals surface area contributed by atoms with Crippen molar-refractivity contribution in [2.45, 2.75) is 18.8 Å². The number of halogens is 3. The average molecular weight is 306 g/mol. The molecule has 5 heteroatoms. The molecule has 0 saturated heterocycles. The highest BCUT2D eigenvalue weighted by molar-refractivity contribution is 6.35. The zero-order valence-corrected chi connectivity index (χ0v) is 12.6. The molecule has 1 fully saturated rings. The third-order valence-electron chi connectivity index (χ3n) is 3.91. The van der Waals surface area contributed by atoms with Gasteiger partial charge in [-0.2, -0.15) is 0 Å². The van der Waals surface area contributed by atoms with Crippen LogP contribution in [0.15, 0.2) is 12.1 Å². The Morgan fingerprint density at radius 2 is 2.16 bits per heavy atom. The largest absolute Gasteiger partial charge is 0.383 e. The second-order valence-electron chi connectivity index (χ2n) is 5.26. The van der Waals surface area contributed by atoms with Crippen LogP contribution >= 0.6 is 23.2 Å². The summed E-state index contributed by atoms with van der Waals surface area (Å²) in [5, 5.41) is 3.96. The third kappa shape index (κ3) is 3.22. The van der Waals surface area contributed by atoms with E-state index in [9.17, 15) is 4.39 Å². The van der Waals surface area contributed by atoms with Gasteiger partial charge in [0.15, 0.2) is 0 Å². The molecule has 1 aliphatic rings. The maximum absolute atomic E-state index is 13.6. The van der Waals surface area contributed by atoms with Gasteiger partial charge in [-0.05, 0) is 42.0 Å². The zero-order chi connectivity index (χ0) is 14.0. The molecular formula is C14H18Cl2FNO. The van der Waals surface area contributed by atoms with E-state index in [-0.39, 0.29) is 10.4 Å². The molecule has 19 heavy (non-hydrogen) atoms. The minimum absolute atomic E-state index is 0.0530. The maximum atomic E-state index is 13.6. The van der Waals surface area contributed by atoms with Crippen LogP contribution in [0.25, 0.3) is 0 Å². The highest BCUT2D eigenvalue weighted by atomic mass is 35.5. The van der Waals surface area contributed by atoms with Gasteiger partial charge >= 0.3 is 0 Å². The molecule has 2 unspecified atom stereocenters. The summed E-state index contributed by atoms with van der Waals surface area (Å²) in [6.07, 6.45) is 1.01. The van der Waals surface area contributed by atoms with Crippen molar-refractivity contribution in [2.75, 3.05) is 26.8 Å². The summed E-state index contributed by atoms with van der Waals surface area (Å²) in [6, 6.07) is 2.96. The lowest BCUT2D eigenvalue weighted by Crippen LogP contribution is -2.24. The predicted octanol–water partition coefficient (Wildman–Crippen LogP) is 3.65. The van der Waals surface area contributed by atoms with Crippen molar-refractivity contribution in [3.05, 3.63) is 33.6 Å². The standard InChI is InChI=1S/C14H18Cl2FNO/c1-14(7-9(14)8-18-3-4-19-2)10-5-13(17)12(16)6-11(10)15/h5-6,9,18H,3-4,7-8H2,1-2H3. The van der Waals surface area contributed by atoms with Gasteiger partial charge in [0.05, 0.1) is 11.6 Å². The molecule has 0 aliphatic heterocycles. The summed E-state index contributed by atoms with van der Waals surface area (Å²) < 4.78 is 18.6. The molecule has 106 valence electrons. The number of hydrogen-bond acceptors (Lipinski definition) is 2. The van der Waals surface area contributed by atoms with Crippen molar-refractivity contribution in [2.24, 2.45) is 5.92 Å². The van der Waals surface area contributed by atoms with Gasteiger partial charge in [0.2, 0.25) is 0 Å². The Hall–Kier alpha value is -0.350. The number of ether oxygens (including phenoxy) is 1. The summed E-state index contributed by atoms with van der Waals surface area (Å²) >= 11 is 11.9. The lowest BCUT2D eigenvalue weighted by Gasteiger charge is -2.15. The van der Waals surface area contributed by atoms with Gasteiger partial charge in [0, 0.05) is 18.7 Å². The molecule has 0 heterocycles. The Kier molecular flexibility index (Phi) is 4.72. The van der Waals surface area contributed by atoms with Gasteiger partial charge < -0.3 is 10.1 Å². The zero-order valence-electron chi connectivity index (χ0n) is 11.1. The topological polar surface area (TPSA) is 21.3 Å². The summed E-state index contributed by atoms with van der Waals surface area (Å²) in [5.74, 6) is 0.0720. The van der Waals surface area contributed by atoms with Crippen LogP contribution in [0.5, 0.6) is 0 Å². The van der Waals surface area contributed by atoms with Gasteiger partial charge in [-0.3, -0.25) is 0 Å². The van der Waals surface area contributed by atoms with Crippen LogP contribution in [0.4, 0.5) is 4.39 Å². The van der Waals surface area contributed by atoms with Gasteiger partial charge in [0.25, 0.3) is 0 Å². The average Bonchev–Trinajstić information content (AvgIpc) is 3.02. The van der Waals surface area contributed by atoms with E-state index in [1.165, 1.54) is 12.1 Å². The SMILES string of the molecule is COCCNCC1CC1(C)c1cc(F)c(Cl)cc1Cl. The molecule has 0 amide bonds. The number of rotatable bonds is 6. The summed E-state index contributed by atoms with van der Waals surface area (Å²) in [6.45, 7) is 4.52. The molecule has 1 N–H and O–H groups in total. The molecule has 2 atom stereocenters. The minimum Gasteiger partial charge on any atom is -0.383 e. The van der Waals surface area contributed by atoms with Gasteiger partial charge in [-0.25, -0.2) is 4.39 Å². The lowest BCUT2D eigenvalue weighted by molar-refractivity contribution is 0.199. The number of hydrogen-bond donors (Lipinski definition) is 1. The highest BCUT2D eigenvalue weighted by Crippen LogP contribution is 2.55. The Bertz CT molecular complexity index is 469. The third-order valence-corrected chi connectivity index (χ3v) is 4.51. The van der Waals surface area contributed by atoms with Gasteiger partial charge in [0.1, 0.15) is 5.82 Å². The van der Waals surface area contributed by atoms with Crippen molar-refractivity contribution >= 4 is 23.2 Å². The van der Waals surface area contributed by atoms with E-state index in [0.717, 1.165) is 25.1 Å². The smallest absolute Gasteiger partial charge is 0.142 e. The van der Waals surface area contributed by atoms with E-state index < -0.39 is 5.82 Å². The number of benzene rings is 1. The Morgan fingerprint density at radius 1 is 1.42 bits per heavy atom. The monoisotopic (exact) mass is 305 g/mol. The van der Waals surface area contributed by atoms with E-state index in [1.807, 2.05) is 0 Å². The van der Waals surface area contributed by atoms with Crippen LogP contribution in [0, 0.1) is 11.7 Å². The maximum Gasteiger partial charge on any atom is 0.142 e. The van der Waals surface area contributed by atoms with Crippen LogP contribution in [0.3, 0.4) is 0 Å². The van der Waals surface area contributed by atoms with E-state index in [1.54, 1.807) is 7.11 Å². The molecular weight excluding hydrogens is 288 g/mol. The molecule has 1 aliphatic carbocycles. The minimum atomic E-state index is -0.403. The summed E-state index contributed by atoms with van der Waals surface area (Å²) in [7, 11) is 1.68. The second-order valence-corrected chi connectivity index (χ2v) is 6.08. The van der Waals surface area contributed by atoms with Gasteiger partial charge in [-0.15, -0.1) is 0 Å². The van der Waals surface area contributed by atoms with Gasteiger partial charge in [-0.1, -0.05) is 30.1 Å². The molecule has 1 saturated carbocycles. The van der Waals surface area contributed by atoms with E-state index in [0.29, 0.717) is 17.5 Å². The molecule has 0 aromatic heterocycles. The number of nitrogens with one attached hydrogen (secondary N) is 1. The predicted molar refractivity (Wildman–Crippen MR) is 76.6 cm³/mol. The Balaban J connectivity index is 2.01. The van der Waals surface area contributed by atoms with E-state index in [2.05, 4.69) is 12.2 Å². The number of methoxy groups -OCH3 is 1. The molecule has 0 radical (unpaired) electrons. The Labute approximate surface area is 123 Å². The Morgan fingerprint density at radius 3 is 2.84 bits per heavy atom. The van der Waals surface area contributed by atoms with E-state index >= 15 is 0 Å². The fourth-order valence-electron chi connectivity index (χ4n) is 2.49. The van der Waals surface area contributed by atoms with E-state index in [4.69, 9.17) is 27.9 Å². The molecule has 1 aromatic carbocycles. The van der Waals surface area contributed by atoms with Crippen LogP contribution < -0.4 is 5.32 Å². The second kappa shape index (κ2) is 5.96. The molecule has 0 bridgehead atoms. The van der Waals surface area contributed by atoms with Crippen molar-refractivity contribution in [1.29, 1.82) is 0 Å².